The van der Waals surface area contributed by atoms with Crippen molar-refractivity contribution >= 4 is 22.7 Å². The molecule has 5 nitrogen and oxygen atoms in total. The Morgan fingerprint density at radius 2 is 2.07 bits per heavy atom. The predicted octanol–water partition coefficient (Wildman–Crippen LogP) is 0.124. The van der Waals surface area contributed by atoms with Crippen molar-refractivity contribution in [3.05, 3.63) is 0 Å². The van der Waals surface area contributed by atoms with Gasteiger partial charge in [0.1, 0.15) is 0 Å². The summed E-state index contributed by atoms with van der Waals surface area (Å²) in [5.74, 6) is -0.887. The van der Waals surface area contributed by atoms with Crippen molar-refractivity contribution < 1.29 is 18.9 Å². The topological polar surface area (TPSA) is 83.5 Å². The Bertz CT molecular complexity index is 254. The zero-order valence-electron chi connectivity index (χ0n) is 8.99. The molecule has 0 saturated heterocycles. The van der Waals surface area contributed by atoms with E-state index in [1.807, 2.05) is 6.92 Å². The molecule has 0 aliphatic carbocycles. The minimum Gasteiger partial charge on any atom is -0.481 e. The number of carboxylic acids is 1. The lowest BCUT2D eigenvalue weighted by molar-refractivity contribution is -0.136. The number of rotatable bonds is 7. The summed E-state index contributed by atoms with van der Waals surface area (Å²) in [6.07, 6.45) is 0.0619. The van der Waals surface area contributed by atoms with Crippen LogP contribution in [-0.2, 0) is 20.4 Å². The highest BCUT2D eigenvalue weighted by molar-refractivity contribution is 7.85. The normalized spacial score (nSPS) is 14.3. The molecule has 2 unspecified atom stereocenters. The maximum atomic E-state index is 11.5. The Kier molecular flexibility index (Phi) is 6.94. The number of amides is 1. The Labute approximate surface area is 91.7 Å². The Hall–Kier alpha value is -0.910. The van der Waals surface area contributed by atoms with E-state index < -0.39 is 22.0 Å². The van der Waals surface area contributed by atoms with Crippen LogP contribution in [0.3, 0.4) is 0 Å². The fourth-order valence-corrected chi connectivity index (χ4v) is 2.14. The van der Waals surface area contributed by atoms with E-state index in [-0.39, 0.29) is 24.5 Å². The number of nitrogens with one attached hydrogen (secondary N) is 1. The fraction of sp³-hybridized carbons (Fsp3) is 0.778. The van der Waals surface area contributed by atoms with Crippen LogP contribution in [0.25, 0.3) is 0 Å². The van der Waals surface area contributed by atoms with Crippen molar-refractivity contribution in [3.63, 3.8) is 0 Å². The fourth-order valence-electron chi connectivity index (χ4n) is 1.02. The van der Waals surface area contributed by atoms with Gasteiger partial charge in [-0.3, -0.25) is 13.8 Å². The van der Waals surface area contributed by atoms with Gasteiger partial charge in [0, 0.05) is 34.8 Å². The van der Waals surface area contributed by atoms with Gasteiger partial charge in [0.25, 0.3) is 0 Å². The molecule has 1 amide bonds. The molecule has 0 bridgehead atoms. The molecule has 0 aliphatic rings. The summed E-state index contributed by atoms with van der Waals surface area (Å²) >= 11 is 0. The van der Waals surface area contributed by atoms with Crippen molar-refractivity contribution in [2.24, 2.45) is 0 Å². The molecule has 6 heteroatoms. The smallest absolute Gasteiger partial charge is 0.304 e. The van der Waals surface area contributed by atoms with E-state index in [9.17, 15) is 13.8 Å². The van der Waals surface area contributed by atoms with Crippen molar-refractivity contribution in [2.45, 2.75) is 31.9 Å². The quantitative estimate of drug-likeness (QED) is 0.656. The van der Waals surface area contributed by atoms with Crippen molar-refractivity contribution in [1.29, 1.82) is 0 Å². The highest BCUT2D eigenvalue weighted by Crippen LogP contribution is 2.03. The maximum Gasteiger partial charge on any atom is 0.304 e. The number of aliphatic carboxylic acids is 1. The Morgan fingerprint density at radius 1 is 1.47 bits per heavy atom. The van der Waals surface area contributed by atoms with Crippen molar-refractivity contribution in [2.75, 3.05) is 12.3 Å². The van der Waals surface area contributed by atoms with E-state index in [0.717, 1.165) is 0 Å². The van der Waals surface area contributed by atoms with Crippen LogP contribution in [-0.4, -0.2) is 38.7 Å². The largest absolute Gasteiger partial charge is 0.481 e. The van der Waals surface area contributed by atoms with E-state index in [1.54, 1.807) is 6.92 Å². The van der Waals surface area contributed by atoms with Crippen LogP contribution in [0.2, 0.25) is 0 Å². The van der Waals surface area contributed by atoms with Gasteiger partial charge in [0.05, 0.1) is 6.42 Å². The monoisotopic (exact) mass is 235 g/mol. The zero-order chi connectivity index (χ0) is 11.8. The molecule has 88 valence electrons. The summed E-state index contributed by atoms with van der Waals surface area (Å²) in [6, 6.07) is 0. The minimum atomic E-state index is -1.25. The van der Waals surface area contributed by atoms with E-state index >= 15 is 0 Å². The molecule has 0 fully saturated rings. The second-order valence-electron chi connectivity index (χ2n) is 3.20. The van der Waals surface area contributed by atoms with Crippen LogP contribution in [0, 0.1) is 0 Å². The van der Waals surface area contributed by atoms with E-state index in [2.05, 4.69) is 5.32 Å². The van der Waals surface area contributed by atoms with E-state index in [0.29, 0.717) is 6.54 Å². The number of carbonyl (C=O) groups is 2. The molecule has 2 N–H and O–H groups in total. The first-order chi connectivity index (χ1) is 6.97. The minimum absolute atomic E-state index is 0.123. The van der Waals surface area contributed by atoms with Gasteiger partial charge in [-0.05, 0) is 6.92 Å². The van der Waals surface area contributed by atoms with Gasteiger partial charge in [-0.25, -0.2) is 0 Å². The molecular weight excluding hydrogens is 218 g/mol. The standard InChI is InChI=1S/C9H17NO4S/c1-3-10-8(11)4-5-15(14)7(2)6-9(12)13/h7H,3-6H2,1-2H3,(H,10,11)(H,12,13). The summed E-state index contributed by atoms with van der Waals surface area (Å²) in [5, 5.41) is 10.7. The third-order valence-electron chi connectivity index (χ3n) is 1.82. The molecule has 0 aliphatic heterocycles. The molecular formula is C9H17NO4S. The van der Waals surface area contributed by atoms with Gasteiger partial charge in [0.15, 0.2) is 0 Å². The van der Waals surface area contributed by atoms with Crippen LogP contribution in [0.5, 0.6) is 0 Å². The van der Waals surface area contributed by atoms with Crippen molar-refractivity contribution in [1.82, 2.24) is 5.32 Å². The molecule has 0 aromatic heterocycles. The summed E-state index contributed by atoms with van der Waals surface area (Å²) in [7, 11) is -1.25. The summed E-state index contributed by atoms with van der Waals surface area (Å²) in [4.78, 5) is 21.4. The van der Waals surface area contributed by atoms with E-state index in [1.165, 1.54) is 0 Å². The van der Waals surface area contributed by atoms with Crippen LogP contribution >= 0.6 is 0 Å². The van der Waals surface area contributed by atoms with Gasteiger partial charge in [-0.1, -0.05) is 6.92 Å². The van der Waals surface area contributed by atoms with Gasteiger partial charge >= 0.3 is 5.97 Å². The first-order valence-corrected chi connectivity index (χ1v) is 6.21. The lowest BCUT2D eigenvalue weighted by Gasteiger charge is -2.08. The number of carboxylic acid groups (broad SMARTS) is 1. The number of hydrogen-bond acceptors (Lipinski definition) is 3. The first-order valence-electron chi connectivity index (χ1n) is 4.83. The van der Waals surface area contributed by atoms with Gasteiger partial charge in [0.2, 0.25) is 5.91 Å². The second kappa shape index (κ2) is 7.39. The predicted molar refractivity (Wildman–Crippen MR) is 58.0 cm³/mol. The third kappa shape index (κ3) is 7.07. The van der Waals surface area contributed by atoms with Crippen LogP contribution in [0.4, 0.5) is 0 Å². The van der Waals surface area contributed by atoms with E-state index in [4.69, 9.17) is 5.11 Å². The van der Waals surface area contributed by atoms with Crippen molar-refractivity contribution in [3.8, 4) is 0 Å². The Morgan fingerprint density at radius 3 is 2.53 bits per heavy atom. The summed E-state index contributed by atoms with van der Waals surface area (Å²) < 4.78 is 11.5. The Balaban J connectivity index is 3.82. The average molecular weight is 235 g/mol. The molecule has 0 heterocycles. The molecule has 0 aromatic rings. The second-order valence-corrected chi connectivity index (χ2v) is 5.17. The third-order valence-corrected chi connectivity index (χ3v) is 3.49. The highest BCUT2D eigenvalue weighted by Gasteiger charge is 2.15. The molecule has 15 heavy (non-hydrogen) atoms. The summed E-state index contributed by atoms with van der Waals surface area (Å²) in [5.41, 5.74) is 0. The molecule has 0 saturated carbocycles. The summed E-state index contributed by atoms with van der Waals surface area (Å²) in [6.45, 7) is 3.97. The SMILES string of the molecule is CCNC(=O)CCS(=O)C(C)CC(=O)O. The van der Waals surface area contributed by atoms with Crippen LogP contribution < -0.4 is 5.32 Å². The molecule has 0 rings (SSSR count). The van der Waals surface area contributed by atoms with Crippen LogP contribution in [0.15, 0.2) is 0 Å². The number of carbonyl (C=O) groups excluding carboxylic acids is 1. The van der Waals surface area contributed by atoms with Crippen LogP contribution in [0.1, 0.15) is 26.7 Å². The molecule has 0 spiro atoms. The molecule has 0 radical (unpaired) electrons. The zero-order valence-corrected chi connectivity index (χ0v) is 9.80. The van der Waals surface area contributed by atoms with Gasteiger partial charge in [-0.15, -0.1) is 0 Å². The lowest BCUT2D eigenvalue weighted by atomic mass is 10.3. The number of hydrogen-bond donors (Lipinski definition) is 2. The highest BCUT2D eigenvalue weighted by atomic mass is 32.2. The van der Waals surface area contributed by atoms with Gasteiger partial charge < -0.3 is 10.4 Å². The first kappa shape index (κ1) is 14.1. The molecule has 2 atom stereocenters. The van der Waals surface area contributed by atoms with Gasteiger partial charge in [-0.2, -0.15) is 0 Å². The average Bonchev–Trinajstić information content (AvgIpc) is 2.13. The lowest BCUT2D eigenvalue weighted by Crippen LogP contribution is -2.26. The molecule has 0 aromatic carbocycles. The maximum absolute atomic E-state index is 11.5.